The van der Waals surface area contributed by atoms with Crippen LogP contribution < -0.4 is 0 Å². The molecule has 1 rings (SSSR count). The number of carboxylic acids is 1. The highest BCUT2D eigenvalue weighted by Gasteiger charge is 2.13. The Morgan fingerprint density at radius 2 is 2.16 bits per heavy atom. The van der Waals surface area contributed by atoms with Crippen LogP contribution in [0.4, 0.5) is 0 Å². The zero-order valence-corrected chi connectivity index (χ0v) is 12.2. The Morgan fingerprint density at radius 1 is 1.42 bits per heavy atom. The van der Waals surface area contributed by atoms with Crippen LogP contribution in [-0.4, -0.2) is 28.5 Å². The van der Waals surface area contributed by atoms with Crippen LogP contribution in [0.25, 0.3) is 0 Å². The van der Waals surface area contributed by atoms with E-state index in [9.17, 15) is 9.90 Å². The van der Waals surface area contributed by atoms with Crippen molar-refractivity contribution in [3.05, 3.63) is 42.5 Å². The fraction of sp³-hybridized carbons (Fsp3) is 0.400. The minimum atomic E-state index is -0.879. The standard InChI is InChI=1S/C15H21NO2S/c1-3-5-8-12-16(11-4-2)19-14-10-7-6-9-13(14)15(17)18/h4,6-7,9-10H,2-3,5,8,11-12H2,1H3,(H,17,18). The maximum atomic E-state index is 11.2. The lowest BCUT2D eigenvalue weighted by Gasteiger charge is -2.20. The molecule has 0 fully saturated rings. The molecule has 0 spiro atoms. The number of nitrogens with zero attached hydrogens (tertiary/aromatic N) is 1. The summed E-state index contributed by atoms with van der Waals surface area (Å²) in [6, 6.07) is 7.11. The van der Waals surface area contributed by atoms with Gasteiger partial charge in [0.15, 0.2) is 0 Å². The number of carbonyl (C=O) groups is 1. The average Bonchev–Trinajstić information content (AvgIpc) is 2.39. The fourth-order valence-corrected chi connectivity index (χ4v) is 2.79. The Hall–Kier alpha value is -1.26. The first kappa shape index (κ1) is 15.8. The summed E-state index contributed by atoms with van der Waals surface area (Å²) in [6.45, 7) is 7.62. The van der Waals surface area contributed by atoms with Crippen molar-refractivity contribution in [2.45, 2.75) is 31.1 Å². The topological polar surface area (TPSA) is 40.5 Å². The van der Waals surface area contributed by atoms with E-state index in [1.807, 2.05) is 18.2 Å². The van der Waals surface area contributed by atoms with E-state index in [0.29, 0.717) is 5.56 Å². The molecule has 0 amide bonds. The Morgan fingerprint density at radius 3 is 2.79 bits per heavy atom. The highest BCUT2D eigenvalue weighted by molar-refractivity contribution is 7.97. The Bertz CT molecular complexity index is 420. The third-order valence-corrected chi connectivity index (χ3v) is 3.83. The number of unbranched alkanes of at least 4 members (excludes halogenated alkanes) is 2. The second-order valence-electron chi connectivity index (χ2n) is 4.28. The smallest absolute Gasteiger partial charge is 0.336 e. The predicted molar refractivity (Wildman–Crippen MR) is 80.6 cm³/mol. The molecule has 0 atom stereocenters. The van der Waals surface area contributed by atoms with Crippen LogP contribution >= 0.6 is 11.9 Å². The zero-order chi connectivity index (χ0) is 14.1. The molecule has 104 valence electrons. The van der Waals surface area contributed by atoms with E-state index in [1.54, 1.807) is 12.1 Å². The van der Waals surface area contributed by atoms with Gasteiger partial charge in [-0.2, -0.15) is 0 Å². The Kier molecular flexibility index (Phi) is 7.30. The highest BCUT2D eigenvalue weighted by atomic mass is 32.2. The molecule has 0 radical (unpaired) electrons. The van der Waals surface area contributed by atoms with Crippen molar-refractivity contribution in [2.75, 3.05) is 13.1 Å². The molecule has 3 nitrogen and oxygen atoms in total. The average molecular weight is 279 g/mol. The molecule has 0 saturated carbocycles. The number of aromatic carboxylic acids is 1. The lowest BCUT2D eigenvalue weighted by atomic mass is 10.2. The monoisotopic (exact) mass is 279 g/mol. The first-order valence-electron chi connectivity index (χ1n) is 6.55. The van der Waals surface area contributed by atoms with Gasteiger partial charge >= 0.3 is 5.97 Å². The molecule has 0 unspecified atom stereocenters. The summed E-state index contributed by atoms with van der Waals surface area (Å²) >= 11 is 1.50. The number of hydrogen-bond donors (Lipinski definition) is 1. The van der Waals surface area contributed by atoms with Gasteiger partial charge in [0.2, 0.25) is 0 Å². The zero-order valence-electron chi connectivity index (χ0n) is 11.3. The van der Waals surface area contributed by atoms with Crippen LogP contribution in [0, 0.1) is 0 Å². The molecular formula is C15H21NO2S. The van der Waals surface area contributed by atoms with Crippen LogP contribution in [0.1, 0.15) is 36.5 Å². The molecule has 4 heteroatoms. The largest absolute Gasteiger partial charge is 0.478 e. The van der Waals surface area contributed by atoms with Gasteiger partial charge in [-0.1, -0.05) is 38.0 Å². The molecule has 19 heavy (non-hydrogen) atoms. The summed E-state index contributed by atoms with van der Waals surface area (Å²) in [7, 11) is 0. The van der Waals surface area contributed by atoms with E-state index >= 15 is 0 Å². The number of benzene rings is 1. The Labute approximate surface area is 119 Å². The maximum absolute atomic E-state index is 11.2. The van der Waals surface area contributed by atoms with Gasteiger partial charge in [0.25, 0.3) is 0 Å². The quantitative estimate of drug-likeness (QED) is 0.420. The van der Waals surface area contributed by atoms with Crippen LogP contribution in [-0.2, 0) is 0 Å². The summed E-state index contributed by atoms with van der Waals surface area (Å²) in [5.41, 5.74) is 0.358. The summed E-state index contributed by atoms with van der Waals surface area (Å²) in [4.78, 5) is 12.0. The first-order valence-corrected chi connectivity index (χ1v) is 7.32. The predicted octanol–water partition coefficient (Wildman–Crippen LogP) is 4.07. The van der Waals surface area contributed by atoms with Crippen LogP contribution in [0.5, 0.6) is 0 Å². The van der Waals surface area contributed by atoms with Gasteiger partial charge in [-0.3, -0.25) is 0 Å². The van der Waals surface area contributed by atoms with E-state index < -0.39 is 5.97 Å². The van der Waals surface area contributed by atoms with Crippen molar-refractivity contribution < 1.29 is 9.90 Å². The number of carboxylic acid groups (broad SMARTS) is 1. The normalized spacial score (nSPS) is 10.6. The number of hydrogen-bond acceptors (Lipinski definition) is 3. The molecular weight excluding hydrogens is 258 g/mol. The van der Waals surface area contributed by atoms with Crippen LogP contribution in [0.3, 0.4) is 0 Å². The van der Waals surface area contributed by atoms with Crippen molar-refractivity contribution in [1.29, 1.82) is 0 Å². The minimum absolute atomic E-state index is 0.358. The molecule has 0 aliphatic rings. The Balaban J connectivity index is 2.72. The van der Waals surface area contributed by atoms with Crippen molar-refractivity contribution in [3.8, 4) is 0 Å². The van der Waals surface area contributed by atoms with Gasteiger partial charge in [-0.05, 0) is 30.5 Å². The molecule has 0 bridgehead atoms. The molecule has 1 N–H and O–H groups in total. The van der Waals surface area contributed by atoms with E-state index in [4.69, 9.17) is 0 Å². The van der Waals surface area contributed by atoms with Gasteiger partial charge < -0.3 is 5.11 Å². The van der Waals surface area contributed by atoms with E-state index in [2.05, 4.69) is 17.8 Å². The third-order valence-electron chi connectivity index (χ3n) is 2.69. The molecule has 1 aromatic carbocycles. The molecule has 0 aromatic heterocycles. The minimum Gasteiger partial charge on any atom is -0.478 e. The maximum Gasteiger partial charge on any atom is 0.336 e. The van der Waals surface area contributed by atoms with Gasteiger partial charge in [0.1, 0.15) is 0 Å². The second-order valence-corrected chi connectivity index (χ2v) is 5.42. The van der Waals surface area contributed by atoms with Gasteiger partial charge in [-0.25, -0.2) is 9.10 Å². The first-order chi connectivity index (χ1) is 9.19. The van der Waals surface area contributed by atoms with Gasteiger partial charge in [0.05, 0.1) is 5.56 Å². The number of rotatable bonds is 9. The summed E-state index contributed by atoms with van der Waals surface area (Å²) in [6.07, 6.45) is 5.34. The van der Waals surface area contributed by atoms with Crippen LogP contribution in [0.2, 0.25) is 0 Å². The fourth-order valence-electron chi connectivity index (χ4n) is 1.72. The second kappa shape index (κ2) is 8.77. The summed E-state index contributed by atoms with van der Waals surface area (Å²) in [5.74, 6) is -0.879. The molecule has 0 heterocycles. The van der Waals surface area contributed by atoms with E-state index in [1.165, 1.54) is 24.8 Å². The van der Waals surface area contributed by atoms with E-state index in [-0.39, 0.29) is 0 Å². The lowest BCUT2D eigenvalue weighted by molar-refractivity contribution is 0.0693. The van der Waals surface area contributed by atoms with Crippen molar-refractivity contribution in [2.24, 2.45) is 0 Å². The summed E-state index contributed by atoms with van der Waals surface area (Å²) in [5, 5.41) is 9.17. The molecule has 0 aliphatic carbocycles. The molecule has 0 saturated heterocycles. The lowest BCUT2D eigenvalue weighted by Crippen LogP contribution is -2.17. The summed E-state index contributed by atoms with van der Waals surface area (Å²) < 4.78 is 2.16. The van der Waals surface area contributed by atoms with Crippen molar-refractivity contribution in [3.63, 3.8) is 0 Å². The van der Waals surface area contributed by atoms with Crippen LogP contribution in [0.15, 0.2) is 41.8 Å². The van der Waals surface area contributed by atoms with Gasteiger partial charge in [0, 0.05) is 18.0 Å². The molecule has 0 aliphatic heterocycles. The SMILES string of the molecule is C=CCN(CCCCC)Sc1ccccc1C(=O)O. The highest BCUT2D eigenvalue weighted by Crippen LogP contribution is 2.26. The van der Waals surface area contributed by atoms with Crippen molar-refractivity contribution in [1.82, 2.24) is 4.31 Å². The van der Waals surface area contributed by atoms with Crippen molar-refractivity contribution >= 4 is 17.9 Å². The van der Waals surface area contributed by atoms with Gasteiger partial charge in [-0.15, -0.1) is 6.58 Å². The third kappa shape index (κ3) is 5.49. The molecule has 1 aromatic rings. The van der Waals surface area contributed by atoms with E-state index in [0.717, 1.165) is 24.4 Å².